The van der Waals surface area contributed by atoms with Crippen LogP contribution in [0, 0.1) is 11.8 Å². The number of hydrogen-bond donors (Lipinski definition) is 2. The monoisotopic (exact) mass is 241 g/mol. The summed E-state index contributed by atoms with van der Waals surface area (Å²) in [6, 6.07) is 0. The Hall–Kier alpha value is -1.06. The highest BCUT2D eigenvalue weighted by molar-refractivity contribution is 5.80. The molecule has 98 valence electrons. The molecule has 0 radical (unpaired) electrons. The molecule has 4 nitrogen and oxygen atoms in total. The molecule has 1 aliphatic rings. The first kappa shape index (κ1) is 14.0. The second-order valence-corrected chi connectivity index (χ2v) is 5.16. The van der Waals surface area contributed by atoms with Gasteiger partial charge in [0.2, 0.25) is 5.91 Å². The molecule has 2 N–H and O–H groups in total. The zero-order valence-electron chi connectivity index (χ0n) is 10.6. The number of carboxylic acid groups (broad SMARTS) is 1. The number of rotatable bonds is 6. The van der Waals surface area contributed by atoms with E-state index in [-0.39, 0.29) is 18.7 Å². The Morgan fingerprint density at radius 2 is 1.82 bits per heavy atom. The molecule has 0 heterocycles. The van der Waals surface area contributed by atoms with E-state index in [9.17, 15) is 9.59 Å². The molecule has 0 spiro atoms. The van der Waals surface area contributed by atoms with Crippen molar-refractivity contribution in [2.24, 2.45) is 11.8 Å². The lowest BCUT2D eigenvalue weighted by Crippen LogP contribution is -2.27. The minimum atomic E-state index is -0.915. The van der Waals surface area contributed by atoms with Crippen LogP contribution >= 0.6 is 0 Å². The van der Waals surface area contributed by atoms with Crippen molar-refractivity contribution >= 4 is 11.9 Å². The van der Waals surface area contributed by atoms with Crippen molar-refractivity contribution in [1.82, 2.24) is 5.32 Å². The quantitative estimate of drug-likeness (QED) is 0.749. The van der Waals surface area contributed by atoms with E-state index in [0.29, 0.717) is 6.54 Å². The lowest BCUT2D eigenvalue weighted by molar-refractivity contribution is -0.138. The number of aliphatic carboxylic acids is 1. The van der Waals surface area contributed by atoms with Crippen molar-refractivity contribution in [2.45, 2.75) is 51.9 Å². The lowest BCUT2D eigenvalue weighted by Gasteiger charge is -2.26. The maximum absolute atomic E-state index is 11.3. The second-order valence-electron chi connectivity index (χ2n) is 5.16. The summed E-state index contributed by atoms with van der Waals surface area (Å²) in [6.45, 7) is 2.99. The molecule has 17 heavy (non-hydrogen) atoms. The molecule has 1 fully saturated rings. The molecular formula is C13H23NO3. The maximum atomic E-state index is 11.3. The summed E-state index contributed by atoms with van der Waals surface area (Å²) in [5.74, 6) is 0.542. The van der Waals surface area contributed by atoms with Gasteiger partial charge in [0.25, 0.3) is 0 Å². The van der Waals surface area contributed by atoms with Gasteiger partial charge in [0.15, 0.2) is 0 Å². The average Bonchev–Trinajstić information content (AvgIpc) is 2.29. The number of carboxylic acids is 1. The van der Waals surface area contributed by atoms with Crippen molar-refractivity contribution in [3.63, 3.8) is 0 Å². The molecule has 0 saturated heterocycles. The summed E-state index contributed by atoms with van der Waals surface area (Å²) in [6.07, 6.45) is 6.20. The van der Waals surface area contributed by atoms with E-state index in [2.05, 4.69) is 12.2 Å². The molecule has 1 aliphatic carbocycles. The van der Waals surface area contributed by atoms with Crippen molar-refractivity contribution < 1.29 is 14.7 Å². The highest BCUT2D eigenvalue weighted by atomic mass is 16.4. The lowest BCUT2D eigenvalue weighted by atomic mass is 9.81. The second kappa shape index (κ2) is 7.30. The van der Waals surface area contributed by atoms with Gasteiger partial charge in [-0.3, -0.25) is 9.59 Å². The fraction of sp³-hybridized carbons (Fsp3) is 0.846. The molecule has 1 rings (SSSR count). The van der Waals surface area contributed by atoms with Gasteiger partial charge in [0, 0.05) is 13.0 Å². The zero-order valence-corrected chi connectivity index (χ0v) is 10.6. The number of carbonyl (C=O) groups excluding carboxylic acids is 1. The van der Waals surface area contributed by atoms with E-state index < -0.39 is 5.97 Å². The largest absolute Gasteiger partial charge is 0.481 e. The molecular weight excluding hydrogens is 218 g/mol. The Morgan fingerprint density at radius 1 is 1.18 bits per heavy atom. The predicted octanol–water partition coefficient (Wildman–Crippen LogP) is 2.18. The van der Waals surface area contributed by atoms with E-state index in [0.717, 1.165) is 18.3 Å². The van der Waals surface area contributed by atoms with Crippen LogP contribution in [0.25, 0.3) is 0 Å². The van der Waals surface area contributed by atoms with Crippen LogP contribution in [0.1, 0.15) is 51.9 Å². The Balaban J connectivity index is 2.03. The number of carbonyl (C=O) groups is 2. The first-order valence-corrected chi connectivity index (χ1v) is 6.56. The number of nitrogens with one attached hydrogen (secondary N) is 1. The third-order valence-electron chi connectivity index (χ3n) is 3.58. The number of hydrogen-bond acceptors (Lipinski definition) is 2. The highest BCUT2D eigenvalue weighted by Crippen LogP contribution is 2.29. The van der Waals surface area contributed by atoms with Gasteiger partial charge in [-0.25, -0.2) is 0 Å². The first-order chi connectivity index (χ1) is 8.08. The average molecular weight is 241 g/mol. The van der Waals surface area contributed by atoms with Crippen LogP contribution in [0.15, 0.2) is 0 Å². The molecule has 1 saturated carbocycles. The van der Waals surface area contributed by atoms with Crippen LogP contribution < -0.4 is 5.32 Å². The summed E-state index contributed by atoms with van der Waals surface area (Å²) < 4.78 is 0. The third-order valence-corrected chi connectivity index (χ3v) is 3.58. The Bertz CT molecular complexity index is 257. The maximum Gasteiger partial charge on any atom is 0.303 e. The van der Waals surface area contributed by atoms with Crippen LogP contribution in [-0.2, 0) is 9.59 Å². The fourth-order valence-corrected chi connectivity index (χ4v) is 2.34. The molecule has 0 aromatic carbocycles. The Labute approximate surface area is 103 Å². The molecule has 0 bridgehead atoms. The molecule has 1 amide bonds. The normalized spacial score (nSPS) is 24.3. The molecule has 0 aromatic heterocycles. The van der Waals surface area contributed by atoms with Gasteiger partial charge in [-0.1, -0.05) is 32.6 Å². The van der Waals surface area contributed by atoms with Crippen LogP contribution in [0.4, 0.5) is 0 Å². The molecule has 0 aromatic rings. The standard InChI is InChI=1S/C13H23NO3/c1-10-2-4-11(5-3-10)8-9-14-12(15)6-7-13(16)17/h10-11H,2-9H2,1H3,(H,14,15)(H,16,17). The molecule has 4 heteroatoms. The van der Waals surface area contributed by atoms with Crippen LogP contribution in [0.3, 0.4) is 0 Å². The van der Waals surface area contributed by atoms with Gasteiger partial charge in [0.05, 0.1) is 6.42 Å². The SMILES string of the molecule is CC1CCC(CCNC(=O)CCC(=O)O)CC1. The summed E-state index contributed by atoms with van der Waals surface area (Å²) >= 11 is 0. The summed E-state index contributed by atoms with van der Waals surface area (Å²) in [5, 5.41) is 11.2. The topological polar surface area (TPSA) is 66.4 Å². The van der Waals surface area contributed by atoms with E-state index >= 15 is 0 Å². The Morgan fingerprint density at radius 3 is 2.41 bits per heavy atom. The molecule has 0 aliphatic heterocycles. The Kier molecular flexibility index (Phi) is 6.01. The van der Waals surface area contributed by atoms with Gasteiger partial charge in [-0.2, -0.15) is 0 Å². The van der Waals surface area contributed by atoms with Crippen molar-refractivity contribution in [3.05, 3.63) is 0 Å². The van der Waals surface area contributed by atoms with Gasteiger partial charge in [-0.15, -0.1) is 0 Å². The van der Waals surface area contributed by atoms with E-state index in [1.807, 2.05) is 0 Å². The molecule has 0 unspecified atom stereocenters. The van der Waals surface area contributed by atoms with Crippen molar-refractivity contribution in [1.29, 1.82) is 0 Å². The van der Waals surface area contributed by atoms with Gasteiger partial charge in [-0.05, 0) is 18.3 Å². The van der Waals surface area contributed by atoms with Gasteiger partial charge >= 0.3 is 5.97 Å². The van der Waals surface area contributed by atoms with E-state index in [1.165, 1.54) is 25.7 Å². The highest BCUT2D eigenvalue weighted by Gasteiger charge is 2.17. The predicted molar refractivity (Wildman–Crippen MR) is 65.6 cm³/mol. The first-order valence-electron chi connectivity index (χ1n) is 6.56. The van der Waals surface area contributed by atoms with Crippen LogP contribution in [0.2, 0.25) is 0 Å². The summed E-state index contributed by atoms with van der Waals surface area (Å²) in [7, 11) is 0. The van der Waals surface area contributed by atoms with Gasteiger partial charge in [0.1, 0.15) is 0 Å². The van der Waals surface area contributed by atoms with Crippen LogP contribution in [0.5, 0.6) is 0 Å². The minimum Gasteiger partial charge on any atom is -0.481 e. The smallest absolute Gasteiger partial charge is 0.303 e. The van der Waals surface area contributed by atoms with Crippen molar-refractivity contribution in [2.75, 3.05) is 6.54 Å². The minimum absolute atomic E-state index is 0.0766. The zero-order chi connectivity index (χ0) is 12.7. The third kappa shape index (κ3) is 6.29. The molecule has 0 atom stereocenters. The number of amides is 1. The summed E-state index contributed by atoms with van der Waals surface area (Å²) in [5.41, 5.74) is 0. The summed E-state index contributed by atoms with van der Waals surface area (Å²) in [4.78, 5) is 21.5. The van der Waals surface area contributed by atoms with Gasteiger partial charge < -0.3 is 10.4 Å². The van der Waals surface area contributed by atoms with E-state index in [4.69, 9.17) is 5.11 Å². The van der Waals surface area contributed by atoms with Crippen molar-refractivity contribution in [3.8, 4) is 0 Å². The fourth-order valence-electron chi connectivity index (χ4n) is 2.34. The van der Waals surface area contributed by atoms with E-state index in [1.54, 1.807) is 0 Å². The van der Waals surface area contributed by atoms with Crippen LogP contribution in [-0.4, -0.2) is 23.5 Å².